The Labute approximate surface area is 115 Å². The van der Waals surface area contributed by atoms with E-state index in [0.29, 0.717) is 6.04 Å². The van der Waals surface area contributed by atoms with Gasteiger partial charge in [0.1, 0.15) is 5.82 Å². The summed E-state index contributed by atoms with van der Waals surface area (Å²) in [5.74, 6) is 0.743. The molecule has 0 radical (unpaired) electrons. The zero-order valence-electron chi connectivity index (χ0n) is 11.7. The molecule has 2 atom stereocenters. The molecule has 104 valence electrons. The minimum absolute atomic E-state index is 0.124. The molecule has 3 heteroatoms. The quantitative estimate of drug-likeness (QED) is 0.819. The summed E-state index contributed by atoms with van der Waals surface area (Å²) in [6.45, 7) is 5.08. The Balaban J connectivity index is 1.79. The van der Waals surface area contributed by atoms with E-state index in [-0.39, 0.29) is 5.82 Å². The predicted molar refractivity (Wildman–Crippen MR) is 76.9 cm³/mol. The van der Waals surface area contributed by atoms with Crippen molar-refractivity contribution < 1.29 is 4.39 Å². The van der Waals surface area contributed by atoms with Gasteiger partial charge in [0, 0.05) is 24.8 Å². The molecule has 19 heavy (non-hydrogen) atoms. The first-order valence-corrected chi connectivity index (χ1v) is 7.53. The van der Waals surface area contributed by atoms with Crippen molar-refractivity contribution in [3.63, 3.8) is 0 Å². The van der Waals surface area contributed by atoms with Crippen LogP contribution >= 0.6 is 0 Å². The molecule has 1 saturated heterocycles. The van der Waals surface area contributed by atoms with E-state index in [1.807, 2.05) is 6.07 Å². The fraction of sp³-hybridized carbons (Fsp3) is 0.625. The Bertz CT molecular complexity index is 446. The van der Waals surface area contributed by atoms with E-state index in [4.69, 9.17) is 0 Å². The number of anilines is 1. The fourth-order valence-electron chi connectivity index (χ4n) is 3.60. The van der Waals surface area contributed by atoms with Gasteiger partial charge in [0.25, 0.3) is 0 Å². The monoisotopic (exact) mass is 262 g/mol. The number of piperidine rings is 1. The molecule has 0 amide bonds. The van der Waals surface area contributed by atoms with Crippen LogP contribution in [0.2, 0.25) is 0 Å². The van der Waals surface area contributed by atoms with Crippen LogP contribution in [0.1, 0.15) is 38.2 Å². The molecule has 2 nitrogen and oxygen atoms in total. The average molecular weight is 262 g/mol. The molecule has 2 bridgehead atoms. The number of benzene rings is 1. The van der Waals surface area contributed by atoms with Crippen LogP contribution in [-0.2, 0) is 6.54 Å². The second-order valence-corrected chi connectivity index (χ2v) is 5.94. The van der Waals surface area contributed by atoms with Crippen LogP contribution in [0.3, 0.4) is 0 Å². The highest BCUT2D eigenvalue weighted by molar-refractivity contribution is 5.56. The number of nitrogens with one attached hydrogen (secondary N) is 1. The van der Waals surface area contributed by atoms with Crippen molar-refractivity contribution in [3.8, 4) is 0 Å². The molecule has 1 saturated carbocycles. The number of hydrogen-bond acceptors (Lipinski definition) is 2. The highest BCUT2D eigenvalue weighted by Gasteiger charge is 2.38. The van der Waals surface area contributed by atoms with Gasteiger partial charge in [-0.15, -0.1) is 0 Å². The molecule has 1 heterocycles. The lowest BCUT2D eigenvalue weighted by molar-refractivity contribution is 0.550. The first kappa shape index (κ1) is 12.9. The number of rotatable bonds is 5. The van der Waals surface area contributed by atoms with Gasteiger partial charge in [0.2, 0.25) is 0 Å². The highest BCUT2D eigenvalue weighted by Crippen LogP contribution is 2.41. The molecule has 1 aliphatic carbocycles. The van der Waals surface area contributed by atoms with E-state index in [9.17, 15) is 4.39 Å². The predicted octanol–water partition coefficient (Wildman–Crippen LogP) is 3.31. The molecule has 1 aliphatic heterocycles. The van der Waals surface area contributed by atoms with E-state index in [0.717, 1.165) is 37.5 Å². The Morgan fingerprint density at radius 1 is 1.37 bits per heavy atom. The largest absolute Gasteiger partial charge is 0.368 e. The third-order valence-electron chi connectivity index (χ3n) is 4.50. The maximum Gasteiger partial charge on any atom is 0.123 e. The minimum Gasteiger partial charge on any atom is -0.368 e. The van der Waals surface area contributed by atoms with Crippen LogP contribution in [-0.4, -0.2) is 19.1 Å². The maximum absolute atomic E-state index is 13.5. The van der Waals surface area contributed by atoms with Gasteiger partial charge in [-0.1, -0.05) is 6.92 Å². The second-order valence-electron chi connectivity index (χ2n) is 5.94. The lowest BCUT2D eigenvalue weighted by atomic mass is 10.1. The summed E-state index contributed by atoms with van der Waals surface area (Å²) in [5, 5.41) is 3.39. The van der Waals surface area contributed by atoms with Gasteiger partial charge < -0.3 is 10.2 Å². The van der Waals surface area contributed by atoms with Crippen molar-refractivity contribution in [3.05, 3.63) is 29.6 Å². The summed E-state index contributed by atoms with van der Waals surface area (Å²) in [7, 11) is 0. The van der Waals surface area contributed by atoms with Gasteiger partial charge in [-0.3, -0.25) is 0 Å². The van der Waals surface area contributed by atoms with Gasteiger partial charge in [-0.2, -0.15) is 0 Å². The van der Waals surface area contributed by atoms with Gasteiger partial charge in [0.15, 0.2) is 0 Å². The molecule has 0 aromatic heterocycles. The molecule has 1 N–H and O–H groups in total. The number of fused-ring (bicyclic) bond motifs is 2. The van der Waals surface area contributed by atoms with Crippen LogP contribution in [0.25, 0.3) is 0 Å². The third kappa shape index (κ3) is 2.62. The summed E-state index contributed by atoms with van der Waals surface area (Å²) < 4.78 is 13.5. The van der Waals surface area contributed by atoms with Crippen LogP contribution in [0.4, 0.5) is 10.1 Å². The van der Waals surface area contributed by atoms with E-state index in [1.165, 1.54) is 24.9 Å². The van der Waals surface area contributed by atoms with E-state index >= 15 is 0 Å². The summed E-state index contributed by atoms with van der Waals surface area (Å²) >= 11 is 0. The zero-order valence-corrected chi connectivity index (χ0v) is 11.7. The first-order chi connectivity index (χ1) is 9.28. The Morgan fingerprint density at radius 2 is 2.26 bits per heavy atom. The van der Waals surface area contributed by atoms with Gasteiger partial charge in [0.05, 0.1) is 0 Å². The molecule has 2 fully saturated rings. The highest BCUT2D eigenvalue weighted by atomic mass is 19.1. The summed E-state index contributed by atoms with van der Waals surface area (Å²) in [4.78, 5) is 2.51. The fourth-order valence-corrected chi connectivity index (χ4v) is 3.60. The molecule has 3 rings (SSSR count). The van der Waals surface area contributed by atoms with Crippen molar-refractivity contribution in [1.82, 2.24) is 5.32 Å². The molecule has 1 aromatic carbocycles. The molecular formula is C16H23FN2. The summed E-state index contributed by atoms with van der Waals surface area (Å²) in [5.41, 5.74) is 2.36. The number of halogens is 1. The van der Waals surface area contributed by atoms with Crippen LogP contribution in [0, 0.1) is 11.7 Å². The molecule has 1 aromatic rings. The Morgan fingerprint density at radius 3 is 2.95 bits per heavy atom. The van der Waals surface area contributed by atoms with Gasteiger partial charge in [-0.25, -0.2) is 4.39 Å². The number of hydrogen-bond donors (Lipinski definition) is 1. The Hall–Kier alpha value is -1.09. The Kier molecular flexibility index (Phi) is 3.74. The smallest absolute Gasteiger partial charge is 0.123 e. The van der Waals surface area contributed by atoms with E-state index < -0.39 is 0 Å². The first-order valence-electron chi connectivity index (χ1n) is 7.53. The van der Waals surface area contributed by atoms with E-state index in [1.54, 1.807) is 12.1 Å². The van der Waals surface area contributed by atoms with Crippen molar-refractivity contribution in [2.45, 2.75) is 45.2 Å². The molecule has 0 spiro atoms. The SMILES string of the molecule is CCCNCc1cc(F)ccc1N1CC2CCC1C2. The molecule has 2 aliphatic rings. The lowest BCUT2D eigenvalue weighted by Gasteiger charge is -2.31. The molecular weight excluding hydrogens is 239 g/mol. The van der Waals surface area contributed by atoms with Crippen LogP contribution in [0.15, 0.2) is 18.2 Å². The van der Waals surface area contributed by atoms with Crippen molar-refractivity contribution in [2.24, 2.45) is 5.92 Å². The minimum atomic E-state index is -0.124. The number of nitrogens with zero attached hydrogens (tertiary/aromatic N) is 1. The van der Waals surface area contributed by atoms with Crippen molar-refractivity contribution in [2.75, 3.05) is 18.0 Å². The maximum atomic E-state index is 13.5. The van der Waals surface area contributed by atoms with Gasteiger partial charge >= 0.3 is 0 Å². The lowest BCUT2D eigenvalue weighted by Crippen LogP contribution is -2.33. The van der Waals surface area contributed by atoms with Crippen molar-refractivity contribution in [1.29, 1.82) is 0 Å². The second kappa shape index (κ2) is 5.49. The standard InChI is InChI=1S/C16H23FN2/c1-2-7-18-10-13-9-14(17)4-6-16(13)19-11-12-3-5-15(19)8-12/h4,6,9,12,15,18H,2-3,5,7-8,10-11H2,1H3. The third-order valence-corrected chi connectivity index (χ3v) is 4.50. The van der Waals surface area contributed by atoms with Crippen molar-refractivity contribution >= 4 is 5.69 Å². The summed E-state index contributed by atoms with van der Waals surface area (Å²) in [6.07, 6.45) is 5.13. The zero-order chi connectivity index (χ0) is 13.2. The normalized spacial score (nSPS) is 25.3. The van der Waals surface area contributed by atoms with Gasteiger partial charge in [-0.05, 0) is 61.9 Å². The van der Waals surface area contributed by atoms with Crippen LogP contribution < -0.4 is 10.2 Å². The van der Waals surface area contributed by atoms with Crippen LogP contribution in [0.5, 0.6) is 0 Å². The topological polar surface area (TPSA) is 15.3 Å². The summed E-state index contributed by atoms with van der Waals surface area (Å²) in [6, 6.07) is 5.97. The average Bonchev–Trinajstić information content (AvgIpc) is 3.01. The van der Waals surface area contributed by atoms with E-state index in [2.05, 4.69) is 17.1 Å². The molecule has 2 unspecified atom stereocenters.